The van der Waals surface area contributed by atoms with Crippen LogP contribution in [-0.4, -0.2) is 46.7 Å². The summed E-state index contributed by atoms with van der Waals surface area (Å²) < 4.78 is 1.65. The van der Waals surface area contributed by atoms with E-state index < -0.39 is 0 Å². The van der Waals surface area contributed by atoms with Gasteiger partial charge in [-0.25, -0.2) is 9.50 Å². The van der Waals surface area contributed by atoms with Crippen molar-refractivity contribution in [2.75, 3.05) is 30.4 Å². The molecular formula is C25H25ClN6O. The van der Waals surface area contributed by atoms with Crippen molar-refractivity contribution in [1.29, 1.82) is 0 Å². The van der Waals surface area contributed by atoms with E-state index in [-0.39, 0.29) is 5.91 Å². The molecule has 0 atom stereocenters. The zero-order valence-corrected chi connectivity index (χ0v) is 19.1. The van der Waals surface area contributed by atoms with Gasteiger partial charge in [0.2, 0.25) is 0 Å². The number of rotatable bonds is 5. The minimum Gasteiger partial charge on any atom is -0.371 e. The van der Waals surface area contributed by atoms with Gasteiger partial charge in [0.15, 0.2) is 5.65 Å². The van der Waals surface area contributed by atoms with Crippen LogP contribution >= 0.6 is 11.6 Å². The average Bonchev–Trinajstić information content (AvgIpc) is 3.28. The molecule has 8 heteroatoms. The number of benzene rings is 2. The lowest BCUT2D eigenvalue weighted by Gasteiger charge is -2.33. The number of nitrogens with zero attached hydrogens (tertiary/aromatic N) is 4. The first-order valence-corrected chi connectivity index (χ1v) is 11.4. The maximum absolute atomic E-state index is 12.9. The Hall–Kier alpha value is -3.42. The van der Waals surface area contributed by atoms with Crippen LogP contribution in [0.1, 0.15) is 23.3 Å². The Kier molecular flexibility index (Phi) is 5.98. The summed E-state index contributed by atoms with van der Waals surface area (Å²) >= 11 is 6.14. The van der Waals surface area contributed by atoms with E-state index in [9.17, 15) is 4.79 Å². The molecule has 0 spiro atoms. The summed E-state index contributed by atoms with van der Waals surface area (Å²) in [5.41, 5.74) is 4.55. The molecule has 0 unspecified atom stereocenters. The summed E-state index contributed by atoms with van der Waals surface area (Å²) in [7, 11) is 2.02. The zero-order chi connectivity index (χ0) is 22.8. The zero-order valence-electron chi connectivity index (χ0n) is 18.3. The standard InChI is InChI=1S/C25H25ClN6O/c1-27-19-9-12-31(13-10-19)21-7-5-20(6-8-21)29-25(33)23-11-14-32-24(30-23)22(16-28-32)17-3-2-4-18(26)15-17/h2-8,11,14-16,19,27H,9-10,12-13H2,1H3,(H,29,33). The number of fused-ring (bicyclic) bond motifs is 1. The largest absolute Gasteiger partial charge is 0.371 e. The van der Waals surface area contributed by atoms with Crippen LogP contribution in [0.25, 0.3) is 16.8 Å². The summed E-state index contributed by atoms with van der Waals surface area (Å²) in [6, 6.07) is 17.7. The van der Waals surface area contributed by atoms with E-state index in [1.807, 2.05) is 43.4 Å². The molecule has 1 amide bonds. The number of anilines is 2. The third-order valence-electron chi connectivity index (χ3n) is 6.13. The highest BCUT2D eigenvalue weighted by Gasteiger charge is 2.18. The number of nitrogens with one attached hydrogen (secondary N) is 2. The molecule has 1 aliphatic heterocycles. The van der Waals surface area contributed by atoms with Gasteiger partial charge in [0.25, 0.3) is 5.91 Å². The van der Waals surface area contributed by atoms with E-state index in [2.05, 4.69) is 37.7 Å². The van der Waals surface area contributed by atoms with Gasteiger partial charge in [-0.05, 0) is 67.9 Å². The maximum atomic E-state index is 12.9. The Morgan fingerprint density at radius 1 is 1.09 bits per heavy atom. The summed E-state index contributed by atoms with van der Waals surface area (Å²) in [6.45, 7) is 2.06. The van der Waals surface area contributed by atoms with Crippen LogP contribution in [0, 0.1) is 0 Å². The van der Waals surface area contributed by atoms with Gasteiger partial charge in [-0.3, -0.25) is 4.79 Å². The van der Waals surface area contributed by atoms with Crippen LogP contribution in [0.5, 0.6) is 0 Å². The Morgan fingerprint density at radius 2 is 1.88 bits per heavy atom. The predicted octanol–water partition coefficient (Wildman–Crippen LogP) is 4.49. The van der Waals surface area contributed by atoms with Crippen molar-refractivity contribution in [3.8, 4) is 11.1 Å². The molecule has 1 saturated heterocycles. The lowest BCUT2D eigenvalue weighted by Crippen LogP contribution is -2.41. The average molecular weight is 461 g/mol. The fraction of sp³-hybridized carbons (Fsp3) is 0.240. The highest BCUT2D eigenvalue weighted by molar-refractivity contribution is 6.30. The molecule has 5 rings (SSSR count). The molecule has 2 N–H and O–H groups in total. The van der Waals surface area contributed by atoms with Gasteiger partial charge in [0, 0.05) is 47.3 Å². The highest BCUT2D eigenvalue weighted by Crippen LogP contribution is 2.26. The maximum Gasteiger partial charge on any atom is 0.274 e. The van der Waals surface area contributed by atoms with Gasteiger partial charge in [0.05, 0.1) is 6.20 Å². The molecule has 2 aromatic heterocycles. The second-order valence-corrected chi connectivity index (χ2v) is 8.64. The van der Waals surface area contributed by atoms with Gasteiger partial charge in [0.1, 0.15) is 5.69 Å². The molecule has 0 saturated carbocycles. The van der Waals surface area contributed by atoms with Crippen LogP contribution in [0.3, 0.4) is 0 Å². The SMILES string of the molecule is CNC1CCN(c2ccc(NC(=O)c3ccn4ncc(-c5cccc(Cl)c5)c4n3)cc2)CC1. The van der Waals surface area contributed by atoms with Crippen molar-refractivity contribution >= 4 is 34.5 Å². The van der Waals surface area contributed by atoms with E-state index >= 15 is 0 Å². The molecule has 4 aromatic rings. The third kappa shape index (κ3) is 4.55. The van der Waals surface area contributed by atoms with Crippen LogP contribution in [0.15, 0.2) is 67.0 Å². The van der Waals surface area contributed by atoms with Crippen molar-refractivity contribution in [1.82, 2.24) is 19.9 Å². The molecule has 3 heterocycles. The van der Waals surface area contributed by atoms with Crippen LogP contribution in [0.2, 0.25) is 5.02 Å². The molecular weight excluding hydrogens is 436 g/mol. The monoisotopic (exact) mass is 460 g/mol. The number of amides is 1. The van der Waals surface area contributed by atoms with Gasteiger partial charge < -0.3 is 15.5 Å². The third-order valence-corrected chi connectivity index (χ3v) is 6.37. The quantitative estimate of drug-likeness (QED) is 0.459. The Labute approximate surface area is 197 Å². The smallest absolute Gasteiger partial charge is 0.274 e. The number of hydrogen-bond donors (Lipinski definition) is 2. The van der Waals surface area contributed by atoms with Gasteiger partial charge >= 0.3 is 0 Å². The van der Waals surface area contributed by atoms with Crippen molar-refractivity contribution in [3.05, 3.63) is 77.7 Å². The summed E-state index contributed by atoms with van der Waals surface area (Å²) in [4.78, 5) is 19.9. The topological polar surface area (TPSA) is 74.6 Å². The van der Waals surface area contributed by atoms with Crippen molar-refractivity contribution in [2.24, 2.45) is 0 Å². The molecule has 7 nitrogen and oxygen atoms in total. The van der Waals surface area contributed by atoms with Crippen molar-refractivity contribution in [2.45, 2.75) is 18.9 Å². The molecule has 1 aliphatic rings. The Balaban J connectivity index is 1.31. The first-order chi connectivity index (χ1) is 16.1. The fourth-order valence-corrected chi connectivity index (χ4v) is 4.42. The number of hydrogen-bond acceptors (Lipinski definition) is 5. The fourth-order valence-electron chi connectivity index (χ4n) is 4.23. The number of carbonyl (C=O) groups excluding carboxylic acids is 1. The predicted molar refractivity (Wildman–Crippen MR) is 132 cm³/mol. The molecule has 1 fully saturated rings. The van der Waals surface area contributed by atoms with E-state index in [1.54, 1.807) is 23.0 Å². The normalized spacial score (nSPS) is 14.5. The highest BCUT2D eigenvalue weighted by atomic mass is 35.5. The molecule has 168 valence electrons. The minimum atomic E-state index is -0.265. The lowest BCUT2D eigenvalue weighted by molar-refractivity contribution is 0.102. The van der Waals surface area contributed by atoms with Gasteiger partial charge in [-0.1, -0.05) is 23.7 Å². The molecule has 33 heavy (non-hydrogen) atoms. The second-order valence-electron chi connectivity index (χ2n) is 8.20. The number of piperidine rings is 1. The molecule has 2 aromatic carbocycles. The lowest BCUT2D eigenvalue weighted by atomic mass is 10.0. The summed E-state index contributed by atoms with van der Waals surface area (Å²) in [5, 5.41) is 11.3. The number of carbonyl (C=O) groups is 1. The summed E-state index contributed by atoms with van der Waals surface area (Å²) in [5.74, 6) is -0.265. The molecule has 0 aliphatic carbocycles. The van der Waals surface area contributed by atoms with Crippen molar-refractivity contribution < 1.29 is 4.79 Å². The van der Waals surface area contributed by atoms with E-state index in [0.29, 0.717) is 22.4 Å². The van der Waals surface area contributed by atoms with Crippen LogP contribution in [-0.2, 0) is 0 Å². The van der Waals surface area contributed by atoms with E-state index in [0.717, 1.165) is 42.7 Å². The summed E-state index contributed by atoms with van der Waals surface area (Å²) in [6.07, 6.45) is 5.74. The van der Waals surface area contributed by atoms with E-state index in [1.165, 1.54) is 5.69 Å². The number of halogens is 1. The molecule has 0 bridgehead atoms. The second kappa shape index (κ2) is 9.21. The first kappa shape index (κ1) is 21.4. The molecule has 0 radical (unpaired) electrons. The van der Waals surface area contributed by atoms with Gasteiger partial charge in [-0.2, -0.15) is 5.10 Å². The van der Waals surface area contributed by atoms with Crippen LogP contribution in [0.4, 0.5) is 11.4 Å². The van der Waals surface area contributed by atoms with E-state index in [4.69, 9.17) is 11.6 Å². The first-order valence-electron chi connectivity index (χ1n) is 11.0. The minimum absolute atomic E-state index is 0.265. The Bertz CT molecular complexity index is 1280. The van der Waals surface area contributed by atoms with Crippen LogP contribution < -0.4 is 15.5 Å². The Morgan fingerprint density at radius 3 is 2.61 bits per heavy atom. The van der Waals surface area contributed by atoms with Gasteiger partial charge in [-0.15, -0.1) is 0 Å². The number of aromatic nitrogens is 3. The van der Waals surface area contributed by atoms with Crippen molar-refractivity contribution in [3.63, 3.8) is 0 Å².